The third kappa shape index (κ3) is 3.53. The zero-order chi connectivity index (χ0) is 21.0. The maximum absolute atomic E-state index is 11.4. The molecule has 4 aliphatic rings. The monoisotopic (exact) mass is 404 g/mol. The van der Waals surface area contributed by atoms with Gasteiger partial charge in [-0.05, 0) is 90.8 Å². The molecule has 0 aromatic carbocycles. The number of hydrogen-bond acceptors (Lipinski definition) is 2. The highest BCUT2D eigenvalue weighted by molar-refractivity contribution is 5.13. The van der Waals surface area contributed by atoms with Crippen molar-refractivity contribution in [2.45, 2.75) is 117 Å². The minimum absolute atomic E-state index is 0.254. The molecule has 4 aliphatic carbocycles. The van der Waals surface area contributed by atoms with Gasteiger partial charge in [0.25, 0.3) is 0 Å². The van der Waals surface area contributed by atoms with Crippen LogP contribution < -0.4 is 0 Å². The van der Waals surface area contributed by atoms with Crippen LogP contribution in [-0.2, 0) is 0 Å². The summed E-state index contributed by atoms with van der Waals surface area (Å²) in [5, 5.41) is 22.5. The lowest BCUT2D eigenvalue weighted by Crippen LogP contribution is -2.63. The summed E-state index contributed by atoms with van der Waals surface area (Å²) in [7, 11) is 0. The van der Waals surface area contributed by atoms with Gasteiger partial charge < -0.3 is 10.2 Å². The van der Waals surface area contributed by atoms with Gasteiger partial charge in [0.15, 0.2) is 0 Å². The molecule has 0 spiro atoms. The van der Waals surface area contributed by atoms with Gasteiger partial charge in [0.1, 0.15) is 0 Å². The average Bonchev–Trinajstić information content (AvgIpc) is 3.02. The van der Waals surface area contributed by atoms with E-state index >= 15 is 0 Å². The zero-order valence-electron chi connectivity index (χ0n) is 19.9. The Balaban J connectivity index is 1.54. The molecule has 0 aromatic heterocycles. The largest absolute Gasteiger partial charge is 0.390 e. The summed E-state index contributed by atoms with van der Waals surface area (Å²) in [6, 6.07) is 0. The summed E-state index contributed by atoms with van der Waals surface area (Å²) in [6.07, 6.45) is 13.3. The van der Waals surface area contributed by atoms with Gasteiger partial charge in [-0.1, -0.05) is 66.7 Å². The van der Waals surface area contributed by atoms with Crippen molar-refractivity contribution in [1.29, 1.82) is 0 Å². The van der Waals surface area contributed by atoms with E-state index in [0.717, 1.165) is 24.2 Å². The van der Waals surface area contributed by atoms with Crippen LogP contribution in [0.3, 0.4) is 0 Å². The Kier molecular flexibility index (Phi) is 6.19. The standard InChI is InChI=1S/C27H48O2/c1-17(2)9-8-10-18(3)19-12-13-20-23-21(14-16-27(19,20)5)26(4)15-7-6-11-22(26)24(28)25(23)29/h17-25,28-29H,6-16H2,1-5H3/t18-,19+,20-,21-,22-,23+,24-,25+,26-,27+/m1/s1. The first kappa shape index (κ1) is 22.1. The van der Waals surface area contributed by atoms with E-state index in [-0.39, 0.29) is 5.41 Å². The van der Waals surface area contributed by atoms with Gasteiger partial charge in [-0.2, -0.15) is 0 Å². The molecule has 0 amide bonds. The van der Waals surface area contributed by atoms with Crippen molar-refractivity contribution in [2.24, 2.45) is 52.3 Å². The van der Waals surface area contributed by atoms with E-state index in [9.17, 15) is 10.2 Å². The second kappa shape index (κ2) is 8.12. The lowest BCUT2D eigenvalue weighted by Gasteiger charge is -2.63. The summed E-state index contributed by atoms with van der Waals surface area (Å²) in [5.74, 6) is 4.31. The van der Waals surface area contributed by atoms with Crippen LogP contribution in [0, 0.1) is 52.3 Å². The molecule has 0 bridgehead atoms. The van der Waals surface area contributed by atoms with Crippen molar-refractivity contribution in [2.75, 3.05) is 0 Å². The molecule has 29 heavy (non-hydrogen) atoms. The second-order valence-corrected chi connectivity index (χ2v) is 12.7. The highest BCUT2D eigenvalue weighted by atomic mass is 16.3. The van der Waals surface area contributed by atoms with Crippen LogP contribution in [0.1, 0.15) is 105 Å². The number of rotatable bonds is 5. The van der Waals surface area contributed by atoms with Crippen LogP contribution in [0.5, 0.6) is 0 Å². The fourth-order valence-corrected chi connectivity index (χ4v) is 9.34. The van der Waals surface area contributed by atoms with Crippen molar-refractivity contribution in [1.82, 2.24) is 0 Å². The van der Waals surface area contributed by atoms with E-state index in [0.29, 0.717) is 29.1 Å². The summed E-state index contributed by atoms with van der Waals surface area (Å²) in [4.78, 5) is 0. The van der Waals surface area contributed by atoms with Gasteiger partial charge in [0.05, 0.1) is 12.2 Å². The van der Waals surface area contributed by atoms with Crippen LogP contribution >= 0.6 is 0 Å². The molecule has 168 valence electrons. The first-order chi connectivity index (χ1) is 13.7. The Bertz CT molecular complexity index is 573. The molecule has 10 atom stereocenters. The minimum Gasteiger partial charge on any atom is -0.390 e. The predicted octanol–water partition coefficient (Wildman–Crippen LogP) is 6.44. The molecule has 0 unspecified atom stereocenters. The lowest BCUT2D eigenvalue weighted by atomic mass is 9.43. The Labute approximate surface area is 180 Å². The quantitative estimate of drug-likeness (QED) is 0.553. The van der Waals surface area contributed by atoms with Gasteiger partial charge in [0, 0.05) is 0 Å². The van der Waals surface area contributed by atoms with Gasteiger partial charge in [-0.25, -0.2) is 0 Å². The highest BCUT2D eigenvalue weighted by Gasteiger charge is 2.64. The molecule has 4 fully saturated rings. The van der Waals surface area contributed by atoms with Crippen LogP contribution in [0.2, 0.25) is 0 Å². The Morgan fingerprint density at radius 1 is 0.759 bits per heavy atom. The number of aliphatic hydroxyl groups excluding tert-OH is 2. The fraction of sp³-hybridized carbons (Fsp3) is 1.00. The van der Waals surface area contributed by atoms with Crippen molar-refractivity contribution in [3.8, 4) is 0 Å². The molecule has 4 rings (SSSR count). The second-order valence-electron chi connectivity index (χ2n) is 12.7. The smallest absolute Gasteiger partial charge is 0.0835 e. The average molecular weight is 405 g/mol. The van der Waals surface area contributed by atoms with E-state index in [1.165, 1.54) is 64.2 Å². The summed E-state index contributed by atoms with van der Waals surface area (Å²) in [6.45, 7) is 12.2. The van der Waals surface area contributed by atoms with Crippen LogP contribution in [-0.4, -0.2) is 22.4 Å². The zero-order valence-corrected chi connectivity index (χ0v) is 19.9. The third-order valence-electron chi connectivity index (χ3n) is 10.9. The van der Waals surface area contributed by atoms with Crippen LogP contribution in [0.25, 0.3) is 0 Å². The maximum atomic E-state index is 11.4. The predicted molar refractivity (Wildman–Crippen MR) is 120 cm³/mol. The van der Waals surface area contributed by atoms with Gasteiger partial charge in [-0.3, -0.25) is 0 Å². The molecule has 0 radical (unpaired) electrons. The molecular weight excluding hydrogens is 356 g/mol. The number of aliphatic hydroxyl groups is 2. The Hall–Kier alpha value is -0.0800. The SMILES string of the molecule is CC(C)CCC[C@@H](C)[C@@H]1CC[C@@H]2[C@@H]3[C@H](O)[C@H](O)[C@H]4CCCC[C@]4(C)[C@@H]3CC[C@]21C. The van der Waals surface area contributed by atoms with Crippen LogP contribution in [0.4, 0.5) is 0 Å². The van der Waals surface area contributed by atoms with Crippen molar-refractivity contribution < 1.29 is 10.2 Å². The molecule has 4 saturated carbocycles. The normalized spacial score (nSPS) is 50.7. The maximum Gasteiger partial charge on any atom is 0.0835 e. The van der Waals surface area contributed by atoms with E-state index < -0.39 is 12.2 Å². The molecular formula is C27H48O2. The van der Waals surface area contributed by atoms with E-state index in [1.54, 1.807) is 0 Å². The van der Waals surface area contributed by atoms with E-state index in [2.05, 4.69) is 34.6 Å². The number of hydrogen-bond donors (Lipinski definition) is 2. The summed E-state index contributed by atoms with van der Waals surface area (Å²) < 4.78 is 0. The third-order valence-corrected chi connectivity index (χ3v) is 10.9. The van der Waals surface area contributed by atoms with Gasteiger partial charge in [0.2, 0.25) is 0 Å². The molecule has 2 nitrogen and oxygen atoms in total. The van der Waals surface area contributed by atoms with Gasteiger partial charge >= 0.3 is 0 Å². The molecule has 0 heterocycles. The van der Waals surface area contributed by atoms with Crippen molar-refractivity contribution in [3.05, 3.63) is 0 Å². The van der Waals surface area contributed by atoms with Crippen LogP contribution in [0.15, 0.2) is 0 Å². The minimum atomic E-state index is -0.494. The number of fused-ring (bicyclic) bond motifs is 5. The van der Waals surface area contributed by atoms with Crippen molar-refractivity contribution in [3.63, 3.8) is 0 Å². The topological polar surface area (TPSA) is 40.5 Å². The van der Waals surface area contributed by atoms with Crippen molar-refractivity contribution >= 4 is 0 Å². The molecule has 2 N–H and O–H groups in total. The van der Waals surface area contributed by atoms with E-state index in [4.69, 9.17) is 0 Å². The molecule has 2 heteroatoms. The van der Waals surface area contributed by atoms with E-state index in [1.807, 2.05) is 0 Å². The molecule has 0 aromatic rings. The summed E-state index contributed by atoms with van der Waals surface area (Å²) >= 11 is 0. The molecule has 0 saturated heterocycles. The lowest BCUT2D eigenvalue weighted by molar-refractivity contribution is -0.215. The Morgan fingerprint density at radius 2 is 1.48 bits per heavy atom. The highest BCUT2D eigenvalue weighted by Crippen LogP contribution is 2.68. The Morgan fingerprint density at radius 3 is 2.21 bits per heavy atom. The van der Waals surface area contributed by atoms with Gasteiger partial charge in [-0.15, -0.1) is 0 Å². The first-order valence-corrected chi connectivity index (χ1v) is 13.1. The molecule has 0 aliphatic heterocycles. The fourth-order valence-electron chi connectivity index (χ4n) is 9.34. The summed E-state index contributed by atoms with van der Waals surface area (Å²) in [5.41, 5.74) is 0.626. The first-order valence-electron chi connectivity index (χ1n) is 13.1.